The van der Waals surface area contributed by atoms with Gasteiger partial charge in [-0.2, -0.15) is 4.68 Å². The second kappa shape index (κ2) is 7.21. The number of nitro groups is 1. The number of carbonyl (C=O) groups excluding carboxylic acids is 1. The molecule has 0 aliphatic rings. The maximum Gasteiger partial charge on any atom is 0.404 e. The number of methoxy groups -OCH3 is 1. The number of carbonyl (C=O) groups is 1. The molecule has 0 aliphatic carbocycles. The SMILES string of the molecule is COc1cc2c(cc1NC(=O)Cn1nc([N+](=O)[O-])c(Br)c1C)oc1ccccc12. The Morgan fingerprint density at radius 3 is 2.76 bits per heavy atom. The Morgan fingerprint density at radius 2 is 2.07 bits per heavy atom. The van der Waals surface area contributed by atoms with Crippen molar-refractivity contribution < 1.29 is 18.9 Å². The summed E-state index contributed by atoms with van der Waals surface area (Å²) in [6.07, 6.45) is 0. The number of amides is 1. The Kier molecular flexibility index (Phi) is 4.71. The van der Waals surface area contributed by atoms with Crippen molar-refractivity contribution in [3.63, 3.8) is 0 Å². The number of hydrogen-bond acceptors (Lipinski definition) is 6. The number of hydrogen-bond donors (Lipinski definition) is 1. The van der Waals surface area contributed by atoms with Gasteiger partial charge < -0.3 is 24.6 Å². The predicted octanol–water partition coefficient (Wildman–Crippen LogP) is 4.41. The van der Waals surface area contributed by atoms with Crippen molar-refractivity contribution in [2.45, 2.75) is 13.5 Å². The third-order valence-corrected chi connectivity index (χ3v) is 5.48. The highest BCUT2D eigenvalue weighted by Crippen LogP contribution is 2.36. The first-order valence-electron chi connectivity index (χ1n) is 8.55. The Labute approximate surface area is 172 Å². The molecule has 4 rings (SSSR count). The topological polar surface area (TPSA) is 112 Å². The molecule has 29 heavy (non-hydrogen) atoms. The molecule has 0 unspecified atom stereocenters. The molecule has 1 amide bonds. The monoisotopic (exact) mass is 458 g/mol. The van der Waals surface area contributed by atoms with E-state index in [4.69, 9.17) is 9.15 Å². The first kappa shape index (κ1) is 18.9. The molecular formula is C19H15BrN4O5. The lowest BCUT2D eigenvalue weighted by atomic mass is 10.1. The summed E-state index contributed by atoms with van der Waals surface area (Å²) in [6, 6.07) is 11.1. The van der Waals surface area contributed by atoms with Crippen LogP contribution in [0.1, 0.15) is 5.69 Å². The van der Waals surface area contributed by atoms with Gasteiger partial charge in [-0.15, -0.1) is 0 Å². The van der Waals surface area contributed by atoms with Crippen molar-refractivity contribution >= 4 is 55.3 Å². The van der Waals surface area contributed by atoms with E-state index in [-0.39, 0.29) is 16.8 Å². The smallest absolute Gasteiger partial charge is 0.404 e. The molecule has 0 fully saturated rings. The quantitative estimate of drug-likeness (QED) is 0.350. The van der Waals surface area contributed by atoms with Gasteiger partial charge in [-0.05, 0) is 39.9 Å². The molecule has 2 aromatic carbocycles. The van der Waals surface area contributed by atoms with Crippen LogP contribution in [0, 0.1) is 17.0 Å². The van der Waals surface area contributed by atoms with E-state index >= 15 is 0 Å². The van der Waals surface area contributed by atoms with E-state index in [0.717, 1.165) is 16.4 Å². The summed E-state index contributed by atoms with van der Waals surface area (Å²) in [5.74, 6) is -0.273. The number of halogens is 1. The summed E-state index contributed by atoms with van der Waals surface area (Å²) in [6.45, 7) is 1.44. The first-order chi connectivity index (χ1) is 13.9. The van der Waals surface area contributed by atoms with E-state index in [2.05, 4.69) is 26.3 Å². The van der Waals surface area contributed by atoms with E-state index < -0.39 is 10.8 Å². The molecule has 0 bridgehead atoms. The minimum Gasteiger partial charge on any atom is -0.495 e. The second-order valence-electron chi connectivity index (χ2n) is 6.33. The lowest BCUT2D eigenvalue weighted by Gasteiger charge is -2.10. The van der Waals surface area contributed by atoms with Gasteiger partial charge in [-0.1, -0.05) is 18.2 Å². The van der Waals surface area contributed by atoms with Crippen molar-refractivity contribution in [1.82, 2.24) is 9.78 Å². The van der Waals surface area contributed by atoms with Gasteiger partial charge in [0.1, 0.15) is 27.9 Å². The molecule has 2 aromatic heterocycles. The van der Waals surface area contributed by atoms with E-state index in [1.807, 2.05) is 24.3 Å². The second-order valence-corrected chi connectivity index (χ2v) is 7.13. The molecule has 0 saturated heterocycles. The number of fused-ring (bicyclic) bond motifs is 3. The van der Waals surface area contributed by atoms with E-state index in [1.54, 1.807) is 19.1 Å². The first-order valence-corrected chi connectivity index (χ1v) is 9.34. The van der Waals surface area contributed by atoms with Crippen LogP contribution in [0.3, 0.4) is 0 Å². The Morgan fingerprint density at radius 1 is 1.31 bits per heavy atom. The normalized spacial score (nSPS) is 11.1. The molecular weight excluding hydrogens is 444 g/mol. The summed E-state index contributed by atoms with van der Waals surface area (Å²) in [4.78, 5) is 23.0. The number of rotatable bonds is 5. The predicted molar refractivity (Wildman–Crippen MR) is 110 cm³/mol. The van der Waals surface area contributed by atoms with Gasteiger partial charge in [0.2, 0.25) is 5.91 Å². The number of furan rings is 1. The lowest BCUT2D eigenvalue weighted by Crippen LogP contribution is -2.20. The molecule has 9 nitrogen and oxygen atoms in total. The minimum absolute atomic E-state index is 0.195. The number of nitrogens with zero attached hydrogens (tertiary/aromatic N) is 3. The van der Waals surface area contributed by atoms with E-state index in [1.165, 1.54) is 11.8 Å². The zero-order valence-electron chi connectivity index (χ0n) is 15.4. The fourth-order valence-corrected chi connectivity index (χ4v) is 3.55. The molecule has 0 spiro atoms. The van der Waals surface area contributed by atoms with Gasteiger partial charge >= 0.3 is 5.82 Å². The third-order valence-electron chi connectivity index (χ3n) is 4.56. The fourth-order valence-electron chi connectivity index (χ4n) is 3.12. The maximum atomic E-state index is 12.6. The average molecular weight is 459 g/mol. The maximum absolute atomic E-state index is 12.6. The molecule has 0 aliphatic heterocycles. The largest absolute Gasteiger partial charge is 0.495 e. The lowest BCUT2D eigenvalue weighted by molar-refractivity contribution is -0.390. The summed E-state index contributed by atoms with van der Waals surface area (Å²) < 4.78 is 12.8. The summed E-state index contributed by atoms with van der Waals surface area (Å²) in [5.41, 5.74) is 2.25. The summed E-state index contributed by atoms with van der Waals surface area (Å²) >= 11 is 3.14. The Hall–Kier alpha value is -3.40. The summed E-state index contributed by atoms with van der Waals surface area (Å²) in [7, 11) is 1.51. The number of benzene rings is 2. The number of para-hydroxylation sites is 1. The molecule has 2 heterocycles. The molecule has 148 valence electrons. The van der Waals surface area contributed by atoms with Gasteiger partial charge in [-0.3, -0.25) is 4.79 Å². The Balaban J connectivity index is 1.65. The number of anilines is 1. The van der Waals surface area contributed by atoms with Crippen LogP contribution in [-0.4, -0.2) is 27.7 Å². The molecule has 0 radical (unpaired) electrons. The molecule has 1 N–H and O–H groups in total. The van der Waals surface area contributed by atoms with Crippen LogP contribution in [-0.2, 0) is 11.3 Å². The highest BCUT2D eigenvalue weighted by atomic mass is 79.9. The van der Waals surface area contributed by atoms with Gasteiger partial charge in [-0.25, -0.2) is 0 Å². The van der Waals surface area contributed by atoms with Crippen molar-refractivity contribution in [2.24, 2.45) is 0 Å². The number of ether oxygens (including phenoxy) is 1. The minimum atomic E-state index is -0.607. The standard InChI is InChI=1S/C19H15BrN4O5/c1-10-18(20)19(24(26)27)22-23(10)9-17(25)21-13-8-15-12(7-16(13)28-2)11-5-3-4-6-14(11)29-15/h3-8H,9H2,1-2H3,(H,21,25). The van der Waals surface area contributed by atoms with Crippen molar-refractivity contribution in [3.05, 3.63) is 56.7 Å². The van der Waals surface area contributed by atoms with Crippen LogP contribution in [0.5, 0.6) is 5.75 Å². The molecule has 4 aromatic rings. The van der Waals surface area contributed by atoms with Crippen molar-refractivity contribution in [1.29, 1.82) is 0 Å². The zero-order chi connectivity index (χ0) is 20.7. The van der Waals surface area contributed by atoms with E-state index in [9.17, 15) is 14.9 Å². The summed E-state index contributed by atoms with van der Waals surface area (Å²) in [5, 5.41) is 19.5. The molecule has 10 heteroatoms. The van der Waals surface area contributed by atoms with Crippen LogP contribution in [0.25, 0.3) is 21.9 Å². The van der Waals surface area contributed by atoms with Gasteiger partial charge in [0.25, 0.3) is 0 Å². The highest BCUT2D eigenvalue weighted by Gasteiger charge is 2.25. The fraction of sp³-hybridized carbons (Fsp3) is 0.158. The van der Waals surface area contributed by atoms with Crippen molar-refractivity contribution in [2.75, 3.05) is 12.4 Å². The van der Waals surface area contributed by atoms with Crippen LogP contribution in [0.4, 0.5) is 11.5 Å². The van der Waals surface area contributed by atoms with Crippen LogP contribution < -0.4 is 10.1 Å². The van der Waals surface area contributed by atoms with Crippen LogP contribution in [0.15, 0.2) is 45.3 Å². The number of nitrogens with one attached hydrogen (secondary N) is 1. The van der Waals surface area contributed by atoms with Gasteiger partial charge in [0.15, 0.2) is 0 Å². The average Bonchev–Trinajstić information content (AvgIpc) is 3.19. The molecule has 0 saturated carbocycles. The van der Waals surface area contributed by atoms with Gasteiger partial charge in [0.05, 0.1) is 23.6 Å². The van der Waals surface area contributed by atoms with E-state index in [0.29, 0.717) is 22.7 Å². The molecule has 0 atom stereocenters. The highest BCUT2D eigenvalue weighted by molar-refractivity contribution is 9.10. The van der Waals surface area contributed by atoms with Gasteiger partial charge in [0, 0.05) is 16.8 Å². The van der Waals surface area contributed by atoms with Crippen LogP contribution >= 0.6 is 15.9 Å². The zero-order valence-corrected chi connectivity index (χ0v) is 17.0. The number of aromatic nitrogens is 2. The third kappa shape index (κ3) is 3.31. The van der Waals surface area contributed by atoms with Crippen molar-refractivity contribution in [3.8, 4) is 5.75 Å². The van der Waals surface area contributed by atoms with Crippen LogP contribution in [0.2, 0.25) is 0 Å². The Bertz CT molecular complexity index is 1280.